The summed E-state index contributed by atoms with van der Waals surface area (Å²) in [6.45, 7) is 2.67. The minimum Gasteiger partial charge on any atom is -0.469 e. The van der Waals surface area contributed by atoms with E-state index in [1.165, 1.54) is 9.75 Å². The zero-order chi connectivity index (χ0) is 16.1. The van der Waals surface area contributed by atoms with Crippen molar-refractivity contribution >= 4 is 28.6 Å². The summed E-state index contributed by atoms with van der Waals surface area (Å²) in [5, 5.41) is 6.13. The van der Waals surface area contributed by atoms with Gasteiger partial charge in [0.05, 0.1) is 21.8 Å². The van der Waals surface area contributed by atoms with Crippen molar-refractivity contribution in [2.75, 3.05) is 6.54 Å². The zero-order valence-corrected chi connectivity index (χ0v) is 14.5. The van der Waals surface area contributed by atoms with E-state index in [0.29, 0.717) is 19.4 Å². The van der Waals surface area contributed by atoms with Crippen LogP contribution in [0.3, 0.4) is 0 Å². The lowest BCUT2D eigenvalue weighted by molar-refractivity contribution is -0.121. The van der Waals surface area contributed by atoms with Gasteiger partial charge in [-0.3, -0.25) is 4.79 Å². The standard InChI is InChI=1S/C17H18N2O2S2/c1-12-19-15(11-22-12)16-6-5-14(23-16)8-9-18-17(20)7-4-13-3-2-10-21-13/h2-3,5-6,10-11H,4,7-9H2,1H3,(H,18,20). The Kier molecular flexibility index (Phi) is 5.25. The summed E-state index contributed by atoms with van der Waals surface area (Å²) in [6.07, 6.45) is 3.58. The molecule has 0 aliphatic carbocycles. The largest absolute Gasteiger partial charge is 0.469 e. The Hall–Kier alpha value is -1.92. The van der Waals surface area contributed by atoms with Crippen LogP contribution in [0.1, 0.15) is 22.1 Å². The van der Waals surface area contributed by atoms with Gasteiger partial charge in [0.1, 0.15) is 5.76 Å². The topological polar surface area (TPSA) is 55.1 Å². The summed E-state index contributed by atoms with van der Waals surface area (Å²) in [5.41, 5.74) is 1.05. The number of rotatable bonds is 7. The number of aromatic nitrogens is 1. The molecule has 0 radical (unpaired) electrons. The smallest absolute Gasteiger partial charge is 0.220 e. The van der Waals surface area contributed by atoms with Gasteiger partial charge in [-0.2, -0.15) is 0 Å². The molecule has 0 unspecified atom stereocenters. The molecule has 0 bridgehead atoms. The van der Waals surface area contributed by atoms with E-state index in [-0.39, 0.29) is 5.91 Å². The van der Waals surface area contributed by atoms with Crippen LogP contribution in [0.15, 0.2) is 40.3 Å². The quantitative estimate of drug-likeness (QED) is 0.702. The maximum Gasteiger partial charge on any atom is 0.220 e. The molecular weight excluding hydrogens is 328 g/mol. The van der Waals surface area contributed by atoms with Crippen molar-refractivity contribution in [3.8, 4) is 10.6 Å². The van der Waals surface area contributed by atoms with Crippen LogP contribution in [0.4, 0.5) is 0 Å². The van der Waals surface area contributed by atoms with E-state index < -0.39 is 0 Å². The SMILES string of the molecule is Cc1nc(-c2ccc(CCNC(=O)CCc3ccco3)s2)cs1. The Morgan fingerprint density at radius 3 is 2.96 bits per heavy atom. The number of hydrogen-bond donors (Lipinski definition) is 1. The molecule has 4 nitrogen and oxygen atoms in total. The van der Waals surface area contributed by atoms with E-state index in [1.807, 2.05) is 19.1 Å². The highest BCUT2D eigenvalue weighted by molar-refractivity contribution is 7.16. The van der Waals surface area contributed by atoms with Crippen molar-refractivity contribution < 1.29 is 9.21 Å². The molecule has 0 saturated carbocycles. The van der Waals surface area contributed by atoms with Gasteiger partial charge < -0.3 is 9.73 Å². The molecule has 3 rings (SSSR count). The summed E-state index contributed by atoms with van der Waals surface area (Å²) in [5.74, 6) is 0.912. The number of thiophene rings is 1. The van der Waals surface area contributed by atoms with Gasteiger partial charge in [-0.1, -0.05) is 0 Å². The number of amides is 1. The van der Waals surface area contributed by atoms with Crippen molar-refractivity contribution in [2.45, 2.75) is 26.2 Å². The molecule has 3 aromatic rings. The fourth-order valence-electron chi connectivity index (χ4n) is 2.23. The Balaban J connectivity index is 1.42. The van der Waals surface area contributed by atoms with Gasteiger partial charge in [0.2, 0.25) is 5.91 Å². The number of nitrogens with zero attached hydrogens (tertiary/aromatic N) is 1. The molecule has 1 amide bonds. The van der Waals surface area contributed by atoms with Gasteiger partial charge in [0, 0.05) is 29.6 Å². The average Bonchev–Trinajstić information content (AvgIpc) is 3.26. The molecule has 0 fully saturated rings. The van der Waals surface area contributed by atoms with Crippen molar-refractivity contribution in [3.05, 3.63) is 51.6 Å². The number of hydrogen-bond acceptors (Lipinski definition) is 5. The van der Waals surface area contributed by atoms with E-state index in [9.17, 15) is 4.79 Å². The molecule has 0 atom stereocenters. The minimum absolute atomic E-state index is 0.0632. The van der Waals surface area contributed by atoms with Gasteiger partial charge in [-0.25, -0.2) is 4.98 Å². The number of aryl methyl sites for hydroxylation is 2. The first-order chi connectivity index (χ1) is 11.2. The van der Waals surface area contributed by atoms with E-state index in [1.54, 1.807) is 28.9 Å². The fourth-order valence-corrected chi connectivity index (χ4v) is 3.89. The molecule has 3 heterocycles. The third-order valence-corrected chi connectivity index (χ3v) is 5.35. The summed E-state index contributed by atoms with van der Waals surface area (Å²) < 4.78 is 5.22. The first-order valence-electron chi connectivity index (χ1n) is 7.51. The second-order valence-electron chi connectivity index (χ2n) is 5.20. The van der Waals surface area contributed by atoms with E-state index in [0.717, 1.165) is 22.9 Å². The monoisotopic (exact) mass is 346 g/mol. The van der Waals surface area contributed by atoms with Crippen LogP contribution >= 0.6 is 22.7 Å². The summed E-state index contributed by atoms with van der Waals surface area (Å²) >= 11 is 3.41. The molecule has 120 valence electrons. The Labute approximate surface area is 143 Å². The Morgan fingerprint density at radius 2 is 2.22 bits per heavy atom. The third-order valence-electron chi connectivity index (χ3n) is 3.41. The van der Waals surface area contributed by atoms with Crippen LogP contribution in [0.2, 0.25) is 0 Å². The zero-order valence-electron chi connectivity index (χ0n) is 12.9. The normalized spacial score (nSPS) is 10.8. The first kappa shape index (κ1) is 16.0. The second kappa shape index (κ2) is 7.57. The van der Waals surface area contributed by atoms with Crippen LogP contribution in [-0.2, 0) is 17.6 Å². The van der Waals surface area contributed by atoms with Crippen molar-refractivity contribution in [1.82, 2.24) is 10.3 Å². The molecule has 6 heteroatoms. The number of carbonyl (C=O) groups is 1. The third kappa shape index (κ3) is 4.53. The van der Waals surface area contributed by atoms with Gasteiger partial charge in [-0.05, 0) is 37.6 Å². The van der Waals surface area contributed by atoms with E-state index >= 15 is 0 Å². The maximum atomic E-state index is 11.8. The Bertz CT molecular complexity index is 759. The molecule has 0 aliphatic heterocycles. The van der Waals surface area contributed by atoms with Gasteiger partial charge >= 0.3 is 0 Å². The van der Waals surface area contributed by atoms with Gasteiger partial charge in [-0.15, -0.1) is 22.7 Å². The van der Waals surface area contributed by atoms with Crippen LogP contribution < -0.4 is 5.32 Å². The molecule has 0 aromatic carbocycles. The average molecular weight is 346 g/mol. The molecule has 0 aliphatic rings. The highest BCUT2D eigenvalue weighted by Crippen LogP contribution is 2.29. The van der Waals surface area contributed by atoms with Gasteiger partial charge in [0.25, 0.3) is 0 Å². The van der Waals surface area contributed by atoms with Crippen molar-refractivity contribution in [2.24, 2.45) is 0 Å². The summed E-state index contributed by atoms with van der Waals surface area (Å²) in [6, 6.07) is 7.95. The molecule has 0 spiro atoms. The summed E-state index contributed by atoms with van der Waals surface area (Å²) in [4.78, 5) is 18.8. The molecule has 1 N–H and O–H groups in total. The number of nitrogens with one attached hydrogen (secondary N) is 1. The van der Waals surface area contributed by atoms with E-state index in [2.05, 4.69) is 27.8 Å². The number of thiazole rings is 1. The van der Waals surface area contributed by atoms with Crippen LogP contribution in [0.25, 0.3) is 10.6 Å². The first-order valence-corrected chi connectivity index (χ1v) is 9.20. The highest BCUT2D eigenvalue weighted by Gasteiger charge is 2.07. The van der Waals surface area contributed by atoms with Crippen LogP contribution in [0.5, 0.6) is 0 Å². The van der Waals surface area contributed by atoms with Crippen LogP contribution in [-0.4, -0.2) is 17.4 Å². The van der Waals surface area contributed by atoms with E-state index in [4.69, 9.17) is 4.42 Å². The minimum atomic E-state index is 0.0632. The maximum absolute atomic E-state index is 11.8. The Morgan fingerprint density at radius 1 is 1.30 bits per heavy atom. The highest BCUT2D eigenvalue weighted by atomic mass is 32.1. The van der Waals surface area contributed by atoms with Crippen molar-refractivity contribution in [3.63, 3.8) is 0 Å². The predicted octanol–water partition coefficient (Wildman–Crippen LogP) is 4.06. The van der Waals surface area contributed by atoms with Crippen molar-refractivity contribution in [1.29, 1.82) is 0 Å². The fraction of sp³-hybridized carbons (Fsp3) is 0.294. The molecular formula is C17H18N2O2S2. The van der Waals surface area contributed by atoms with Gasteiger partial charge in [0.15, 0.2) is 0 Å². The lowest BCUT2D eigenvalue weighted by Gasteiger charge is -2.03. The lowest BCUT2D eigenvalue weighted by Crippen LogP contribution is -2.25. The molecule has 3 aromatic heterocycles. The predicted molar refractivity (Wildman–Crippen MR) is 93.9 cm³/mol. The summed E-state index contributed by atoms with van der Waals surface area (Å²) in [7, 11) is 0. The molecule has 0 saturated heterocycles. The second-order valence-corrected chi connectivity index (χ2v) is 7.43. The molecule has 23 heavy (non-hydrogen) atoms. The number of carbonyl (C=O) groups excluding carboxylic acids is 1. The number of furan rings is 1. The van der Waals surface area contributed by atoms with Crippen LogP contribution in [0, 0.1) is 6.92 Å². The lowest BCUT2D eigenvalue weighted by atomic mass is 10.2.